The summed E-state index contributed by atoms with van der Waals surface area (Å²) in [4.78, 5) is 6.23. The quantitative estimate of drug-likeness (QED) is 0.545. The van der Waals surface area contributed by atoms with Crippen LogP contribution in [0.5, 0.6) is 0 Å². The summed E-state index contributed by atoms with van der Waals surface area (Å²) in [6, 6.07) is 12.4. The van der Waals surface area contributed by atoms with Crippen molar-refractivity contribution < 1.29 is 0 Å². The fourth-order valence-corrected chi connectivity index (χ4v) is 4.64. The molecule has 0 bridgehead atoms. The topological polar surface area (TPSA) is 69.6 Å². The Bertz CT molecular complexity index is 1050. The summed E-state index contributed by atoms with van der Waals surface area (Å²) in [5, 5.41) is 10.6. The Morgan fingerprint density at radius 1 is 1.20 bits per heavy atom. The van der Waals surface area contributed by atoms with Gasteiger partial charge in [0.1, 0.15) is 4.83 Å². The highest BCUT2D eigenvalue weighted by Gasteiger charge is 2.18. The second-order valence-corrected chi connectivity index (χ2v) is 7.79. The van der Waals surface area contributed by atoms with Crippen molar-refractivity contribution in [2.75, 3.05) is 5.73 Å². The van der Waals surface area contributed by atoms with Crippen molar-refractivity contribution in [1.82, 2.24) is 19.7 Å². The van der Waals surface area contributed by atoms with Crippen LogP contribution in [0.3, 0.4) is 0 Å². The number of thioether (sulfide) groups is 1. The summed E-state index contributed by atoms with van der Waals surface area (Å²) in [5.74, 6) is 1.64. The third-order valence-corrected chi connectivity index (χ3v) is 6.21. The van der Waals surface area contributed by atoms with Crippen LogP contribution in [0.25, 0.3) is 20.9 Å². The molecule has 0 unspecified atom stereocenters. The lowest BCUT2D eigenvalue weighted by Gasteiger charge is -2.04. The number of thiophene rings is 1. The molecule has 0 saturated heterocycles. The molecular weight excluding hydrogens is 350 g/mol. The molecule has 2 N–H and O–H groups in total. The third-order valence-electron chi connectivity index (χ3n) is 3.99. The maximum absolute atomic E-state index is 6.31. The second-order valence-electron chi connectivity index (χ2n) is 5.84. The van der Waals surface area contributed by atoms with Crippen LogP contribution in [-0.2, 0) is 12.8 Å². The number of hydrogen-bond acceptors (Lipinski definition) is 6. The van der Waals surface area contributed by atoms with Crippen molar-refractivity contribution in [3.63, 3.8) is 0 Å². The van der Waals surface area contributed by atoms with E-state index in [-0.39, 0.29) is 0 Å². The van der Waals surface area contributed by atoms with Crippen LogP contribution in [0, 0.1) is 6.92 Å². The first-order valence-corrected chi connectivity index (χ1v) is 9.65. The third kappa shape index (κ3) is 3.01. The molecule has 0 fully saturated rings. The van der Waals surface area contributed by atoms with Gasteiger partial charge in [0.05, 0.1) is 10.6 Å². The average molecular weight is 368 g/mol. The molecule has 0 aliphatic heterocycles. The number of rotatable bonds is 4. The number of nitrogens with two attached hydrogens (primary N) is 1. The Labute approximate surface area is 153 Å². The normalized spacial score (nSPS) is 11.3. The van der Waals surface area contributed by atoms with Crippen LogP contribution in [0.2, 0.25) is 0 Å². The number of pyridine rings is 1. The summed E-state index contributed by atoms with van der Waals surface area (Å²) < 4.78 is 2.00. The van der Waals surface area contributed by atoms with Crippen LogP contribution in [0.1, 0.15) is 11.1 Å². The molecular formula is C18H17N5S2. The van der Waals surface area contributed by atoms with Crippen molar-refractivity contribution in [1.29, 1.82) is 0 Å². The molecule has 0 aliphatic rings. The molecule has 4 aromatic rings. The van der Waals surface area contributed by atoms with Gasteiger partial charge in [-0.1, -0.05) is 41.6 Å². The Morgan fingerprint density at radius 3 is 2.88 bits per heavy atom. The molecule has 3 heterocycles. The lowest BCUT2D eigenvalue weighted by molar-refractivity contribution is 0.795. The zero-order valence-electron chi connectivity index (χ0n) is 13.9. The van der Waals surface area contributed by atoms with E-state index < -0.39 is 0 Å². The number of benzene rings is 1. The predicted molar refractivity (Wildman–Crippen MR) is 105 cm³/mol. The minimum Gasteiger partial charge on any atom is -0.397 e. The van der Waals surface area contributed by atoms with Gasteiger partial charge in [0.2, 0.25) is 0 Å². The molecule has 1 aromatic carbocycles. The first-order valence-electron chi connectivity index (χ1n) is 7.84. The van der Waals surface area contributed by atoms with E-state index in [0.29, 0.717) is 0 Å². The predicted octanol–water partition coefficient (Wildman–Crippen LogP) is 4.27. The van der Waals surface area contributed by atoms with Crippen LogP contribution >= 0.6 is 23.1 Å². The van der Waals surface area contributed by atoms with Gasteiger partial charge in [-0.25, -0.2) is 4.98 Å². The zero-order chi connectivity index (χ0) is 17.4. The molecule has 4 rings (SSSR count). The second kappa shape index (κ2) is 6.50. The highest BCUT2D eigenvalue weighted by atomic mass is 32.2. The molecule has 0 amide bonds. The van der Waals surface area contributed by atoms with Crippen molar-refractivity contribution in [2.45, 2.75) is 17.8 Å². The van der Waals surface area contributed by atoms with Gasteiger partial charge in [0.25, 0.3) is 0 Å². The van der Waals surface area contributed by atoms with E-state index in [2.05, 4.69) is 46.4 Å². The van der Waals surface area contributed by atoms with Gasteiger partial charge < -0.3 is 10.3 Å². The first-order chi connectivity index (χ1) is 12.1. The number of hydrogen-bond donors (Lipinski definition) is 1. The van der Waals surface area contributed by atoms with Crippen molar-refractivity contribution in [3.05, 3.63) is 53.7 Å². The van der Waals surface area contributed by atoms with Crippen molar-refractivity contribution >= 4 is 39.0 Å². The van der Waals surface area contributed by atoms with E-state index in [1.807, 2.05) is 23.7 Å². The molecule has 3 aromatic heterocycles. The maximum atomic E-state index is 6.31. The minimum atomic E-state index is 0.721. The van der Waals surface area contributed by atoms with Gasteiger partial charge >= 0.3 is 0 Å². The zero-order valence-corrected chi connectivity index (χ0v) is 15.6. The smallest absolute Gasteiger partial charge is 0.191 e. The number of nitrogen functional groups attached to an aromatic ring is 1. The van der Waals surface area contributed by atoms with E-state index >= 15 is 0 Å². The SMILES string of the molecule is Cc1cccc(CSc2nnc(-c3sc4ncccc4c3N)n2C)c1. The molecule has 126 valence electrons. The lowest BCUT2D eigenvalue weighted by atomic mass is 10.2. The summed E-state index contributed by atoms with van der Waals surface area (Å²) in [7, 11) is 1.98. The van der Waals surface area contributed by atoms with Crippen LogP contribution < -0.4 is 5.73 Å². The van der Waals surface area contributed by atoms with E-state index in [9.17, 15) is 0 Å². The fraction of sp³-hybridized carbons (Fsp3) is 0.167. The number of nitrogens with zero attached hydrogens (tertiary/aromatic N) is 4. The fourth-order valence-electron chi connectivity index (χ4n) is 2.71. The highest BCUT2D eigenvalue weighted by Crippen LogP contribution is 2.39. The molecule has 0 aliphatic carbocycles. The molecule has 0 spiro atoms. The minimum absolute atomic E-state index is 0.721. The molecule has 7 heteroatoms. The van der Waals surface area contributed by atoms with Gasteiger partial charge in [-0.3, -0.25) is 0 Å². The highest BCUT2D eigenvalue weighted by molar-refractivity contribution is 7.98. The van der Waals surface area contributed by atoms with Gasteiger partial charge in [-0.2, -0.15) is 0 Å². The standard InChI is InChI=1S/C18H17N5S2/c1-11-5-3-6-12(9-11)10-24-18-22-21-16(23(18)2)15-14(19)13-7-4-8-20-17(13)25-15/h3-9H,10,19H2,1-2H3. The van der Waals surface area contributed by atoms with Gasteiger partial charge in [-0.15, -0.1) is 21.5 Å². The summed E-state index contributed by atoms with van der Waals surface area (Å²) in [6.45, 7) is 2.10. The molecule has 0 saturated carbocycles. The molecule has 5 nitrogen and oxygen atoms in total. The number of anilines is 1. The van der Waals surface area contributed by atoms with Gasteiger partial charge in [-0.05, 0) is 24.6 Å². The summed E-state index contributed by atoms with van der Waals surface area (Å²) in [6.07, 6.45) is 1.78. The lowest BCUT2D eigenvalue weighted by Crippen LogP contribution is -1.96. The summed E-state index contributed by atoms with van der Waals surface area (Å²) in [5.41, 5.74) is 9.58. The van der Waals surface area contributed by atoms with Gasteiger partial charge in [0.15, 0.2) is 11.0 Å². The first kappa shape index (κ1) is 16.1. The van der Waals surface area contributed by atoms with Crippen LogP contribution in [-0.4, -0.2) is 19.7 Å². The van der Waals surface area contributed by atoms with Gasteiger partial charge in [0, 0.05) is 24.4 Å². The number of aryl methyl sites for hydroxylation is 1. The maximum Gasteiger partial charge on any atom is 0.191 e. The van der Waals surface area contributed by atoms with E-state index in [1.54, 1.807) is 29.3 Å². The van der Waals surface area contributed by atoms with Crippen LogP contribution in [0.15, 0.2) is 47.8 Å². The molecule has 0 atom stereocenters. The number of aromatic nitrogens is 4. The van der Waals surface area contributed by atoms with E-state index in [4.69, 9.17) is 5.73 Å². The van der Waals surface area contributed by atoms with E-state index in [0.717, 1.165) is 37.5 Å². The van der Waals surface area contributed by atoms with Crippen molar-refractivity contribution in [2.24, 2.45) is 7.05 Å². The molecule has 0 radical (unpaired) electrons. The summed E-state index contributed by atoms with van der Waals surface area (Å²) >= 11 is 3.23. The largest absolute Gasteiger partial charge is 0.397 e. The Hall–Kier alpha value is -2.38. The Morgan fingerprint density at radius 2 is 2.08 bits per heavy atom. The Kier molecular flexibility index (Phi) is 4.19. The van der Waals surface area contributed by atoms with E-state index in [1.165, 1.54) is 11.1 Å². The number of fused-ring (bicyclic) bond motifs is 1. The molecule has 25 heavy (non-hydrogen) atoms. The van der Waals surface area contributed by atoms with Crippen LogP contribution in [0.4, 0.5) is 5.69 Å². The monoisotopic (exact) mass is 367 g/mol. The Balaban J connectivity index is 1.63. The van der Waals surface area contributed by atoms with Crippen molar-refractivity contribution in [3.8, 4) is 10.7 Å². The average Bonchev–Trinajstić information content (AvgIpc) is 3.14.